The second-order valence-corrected chi connectivity index (χ2v) is 23.3. The first kappa shape index (κ1) is 69.5. The number of H-pyrrole nitrogens is 4. The van der Waals surface area contributed by atoms with Crippen molar-refractivity contribution in [2.24, 2.45) is 0 Å². The molecule has 0 atom stereocenters. The van der Waals surface area contributed by atoms with E-state index in [1.165, 1.54) is 50.9 Å². The summed E-state index contributed by atoms with van der Waals surface area (Å²) in [6.45, 7) is 17.0. The Morgan fingerprint density at radius 3 is 0.703 bits per heavy atom. The van der Waals surface area contributed by atoms with Gasteiger partial charge in [-0.05, 0) is 104 Å². The van der Waals surface area contributed by atoms with E-state index in [1.54, 1.807) is 13.8 Å². The van der Waals surface area contributed by atoms with Gasteiger partial charge in [0, 0.05) is 80.7 Å². The zero-order valence-electron chi connectivity index (χ0n) is 53.1. The number of rotatable bonds is 4. The molecule has 0 saturated heterocycles. The molecule has 16 rings (SSSR count). The maximum Gasteiger partial charge on any atom is 0.424 e. The van der Waals surface area contributed by atoms with E-state index in [2.05, 4.69) is 91.4 Å². The van der Waals surface area contributed by atoms with Gasteiger partial charge in [-0.25, -0.2) is 4.57 Å². The summed E-state index contributed by atoms with van der Waals surface area (Å²) >= 11 is 5.25. The van der Waals surface area contributed by atoms with Crippen molar-refractivity contribution in [3.8, 4) is 45.0 Å². The Hall–Kier alpha value is -8.96. The van der Waals surface area contributed by atoms with E-state index in [9.17, 15) is 23.7 Å². The molecule has 470 valence electrons. The smallest absolute Gasteiger partial charge is 0.321 e. The summed E-state index contributed by atoms with van der Waals surface area (Å²) in [5.74, 6) is 0. The van der Waals surface area contributed by atoms with E-state index in [1.807, 2.05) is 187 Å². The molecule has 0 fully saturated rings. The number of benzene rings is 8. The van der Waals surface area contributed by atoms with Crippen molar-refractivity contribution in [2.75, 3.05) is 13.2 Å². The first-order valence-corrected chi connectivity index (χ1v) is 33.8. The number of hydrogen-bond acceptors (Lipinski definition) is 7. The fourth-order valence-electron chi connectivity index (χ4n) is 11.8. The van der Waals surface area contributed by atoms with Crippen molar-refractivity contribution < 1.29 is 13.6 Å². The highest BCUT2D eigenvalue weighted by molar-refractivity contribution is 7.81. The van der Waals surface area contributed by atoms with Crippen LogP contribution in [0.2, 0.25) is 0 Å². The molecule has 0 saturated carbocycles. The quantitative estimate of drug-likeness (QED) is 0.127. The Bertz CT molecular complexity index is 4190. The van der Waals surface area contributed by atoms with Crippen molar-refractivity contribution in [3.63, 3.8) is 0 Å². The second kappa shape index (κ2) is 32.7. The fourth-order valence-corrected chi connectivity index (χ4v) is 13.1. The molecule has 0 aliphatic heterocycles. The average Bonchev–Trinajstić information content (AvgIpc) is 1.69. The van der Waals surface area contributed by atoms with Gasteiger partial charge in [-0.1, -0.05) is 239 Å². The second-order valence-electron chi connectivity index (χ2n) is 20.7. The molecule has 0 spiro atoms. The third kappa shape index (κ3) is 15.1. The van der Waals surface area contributed by atoms with E-state index in [-0.39, 0.29) is 29.7 Å². The number of aromatic amines is 4. The Morgan fingerprint density at radius 1 is 0.330 bits per heavy atom. The van der Waals surface area contributed by atoms with E-state index < -0.39 is 6.95 Å². The lowest BCUT2D eigenvalue weighted by molar-refractivity contribution is 0.235. The molecular formula is C78H84ClN4O7P. The molecule has 4 N–H and O–H groups in total. The molecule has 4 aliphatic rings. The van der Waals surface area contributed by atoms with Crippen LogP contribution < -0.4 is 22.2 Å². The van der Waals surface area contributed by atoms with Crippen LogP contribution in [-0.4, -0.2) is 33.1 Å². The van der Waals surface area contributed by atoms with Crippen LogP contribution in [0.4, 0.5) is 0 Å². The third-order valence-electron chi connectivity index (χ3n) is 15.3. The maximum atomic E-state index is 12.1. The van der Waals surface area contributed by atoms with Crippen LogP contribution >= 0.6 is 18.2 Å². The SMILES string of the molecule is C.CC.CC.CC.CCC.CCOP(=O)(Cl)OCC.O=c1[nH]c2c(c3ccccc13)Cc1ccccc1-2.O=c1[nH]c2c(c3ccccc13)Cc1ccccc1-2.O=c1[nH]c2c(c3ccccc13)Cc1ccccc1-2.O=c1[nH]c2c(c3ccccc13)Cc1ccccc1-2. The molecule has 4 aromatic heterocycles. The van der Waals surface area contributed by atoms with Crippen molar-refractivity contribution in [3.05, 3.63) is 280 Å². The Balaban J connectivity index is 0.000000158. The highest BCUT2D eigenvalue weighted by atomic mass is 35.7. The van der Waals surface area contributed by atoms with Crippen LogP contribution in [0.3, 0.4) is 0 Å². The number of halogens is 1. The maximum absolute atomic E-state index is 12.1. The highest BCUT2D eigenvalue weighted by Gasteiger charge is 2.26. The van der Waals surface area contributed by atoms with E-state index in [0.29, 0.717) is 13.2 Å². The summed E-state index contributed by atoms with van der Waals surface area (Å²) in [5, 5.41) is 7.43. The number of nitrogens with one attached hydrogen (secondary N) is 4. The van der Waals surface area contributed by atoms with Gasteiger partial charge in [0.05, 0.1) is 36.0 Å². The van der Waals surface area contributed by atoms with Gasteiger partial charge in [0.25, 0.3) is 22.2 Å². The van der Waals surface area contributed by atoms with Crippen molar-refractivity contribution >= 4 is 61.3 Å². The molecule has 91 heavy (non-hydrogen) atoms. The molecule has 11 nitrogen and oxygen atoms in total. The predicted octanol–water partition coefficient (Wildman–Crippen LogP) is 19.9. The first-order chi connectivity index (χ1) is 43.9. The summed E-state index contributed by atoms with van der Waals surface area (Å²) in [6.07, 6.45) is 4.87. The Morgan fingerprint density at radius 2 is 0.505 bits per heavy atom. The van der Waals surface area contributed by atoms with Gasteiger partial charge in [-0.2, -0.15) is 0 Å². The lowest BCUT2D eigenvalue weighted by Crippen LogP contribution is -2.08. The summed E-state index contributed by atoms with van der Waals surface area (Å²) < 4.78 is 19.9. The number of aromatic nitrogens is 4. The number of hydrogen-bond donors (Lipinski definition) is 4. The van der Waals surface area contributed by atoms with Gasteiger partial charge in [0.15, 0.2) is 0 Å². The standard InChI is InChI=1S/4C16H11NO.C4H10ClO3P.C3H8.3C2H6.CH4/c4*18-16-13-8-4-3-7-12(13)14-9-10-5-1-2-6-11(10)15(14)17-16;1-3-7-9(5,6)8-4-2;1-3-2;3*1-2;/h4*1-8H,9H2,(H,17,18);3-4H2,1-2H3;3H2,1-2H3;3*1-2H3;1H4. The fraction of sp³-hybridized carbons (Fsp3) is 0.231. The number of fused-ring (bicyclic) bond motifs is 20. The minimum atomic E-state index is -3.22. The summed E-state index contributed by atoms with van der Waals surface area (Å²) in [4.78, 5) is 60.5. The zero-order chi connectivity index (χ0) is 64.5. The van der Waals surface area contributed by atoms with Gasteiger partial charge in [-0.3, -0.25) is 28.2 Å². The van der Waals surface area contributed by atoms with E-state index in [0.717, 1.165) is 114 Å². The lowest BCUT2D eigenvalue weighted by atomic mass is 10.0. The van der Waals surface area contributed by atoms with Crippen LogP contribution in [-0.2, 0) is 39.3 Å². The van der Waals surface area contributed by atoms with Gasteiger partial charge < -0.3 is 19.9 Å². The van der Waals surface area contributed by atoms with Crippen molar-refractivity contribution in [1.29, 1.82) is 0 Å². The molecule has 12 aromatic rings. The lowest BCUT2D eigenvalue weighted by Gasteiger charge is -2.06. The van der Waals surface area contributed by atoms with Crippen molar-refractivity contribution in [1.82, 2.24) is 19.9 Å². The molecule has 0 unspecified atom stereocenters. The van der Waals surface area contributed by atoms with Crippen molar-refractivity contribution in [2.45, 2.75) is 109 Å². The number of pyridine rings is 4. The monoisotopic (exact) mass is 1250 g/mol. The first-order valence-electron chi connectivity index (χ1n) is 31.4. The van der Waals surface area contributed by atoms with Gasteiger partial charge >= 0.3 is 6.95 Å². The van der Waals surface area contributed by atoms with E-state index in [4.69, 9.17) is 11.2 Å². The summed E-state index contributed by atoms with van der Waals surface area (Å²) in [5.41, 5.74) is 18.8. The molecular weight excluding hydrogens is 1170 g/mol. The van der Waals surface area contributed by atoms with Crippen LogP contribution in [0.15, 0.2) is 213 Å². The van der Waals surface area contributed by atoms with Crippen LogP contribution in [0, 0.1) is 0 Å². The van der Waals surface area contributed by atoms with Gasteiger partial charge in [0.1, 0.15) is 0 Å². The molecule has 0 amide bonds. The Labute approximate surface area is 538 Å². The molecule has 8 aromatic carbocycles. The third-order valence-corrected chi connectivity index (χ3v) is 17.0. The van der Waals surface area contributed by atoms with Crippen LogP contribution in [0.5, 0.6) is 0 Å². The molecule has 0 radical (unpaired) electrons. The molecule has 0 bridgehead atoms. The van der Waals surface area contributed by atoms with E-state index >= 15 is 0 Å². The molecule has 4 heterocycles. The largest absolute Gasteiger partial charge is 0.424 e. The summed E-state index contributed by atoms with van der Waals surface area (Å²) in [6, 6.07) is 64.4. The van der Waals surface area contributed by atoms with Gasteiger partial charge in [0.2, 0.25) is 0 Å². The topological polar surface area (TPSA) is 167 Å². The average molecular weight is 1260 g/mol. The van der Waals surface area contributed by atoms with Crippen LogP contribution in [0.1, 0.15) is 128 Å². The highest BCUT2D eigenvalue weighted by Crippen LogP contribution is 2.53. The molecule has 4 aliphatic carbocycles. The predicted molar refractivity (Wildman–Crippen MR) is 385 cm³/mol. The normalized spacial score (nSPS) is 11.4. The Kier molecular flexibility index (Phi) is 25.0. The summed E-state index contributed by atoms with van der Waals surface area (Å²) in [7, 11) is 0. The molecule has 13 heteroatoms. The van der Waals surface area contributed by atoms with Crippen LogP contribution in [0.25, 0.3) is 88.1 Å². The minimum Gasteiger partial charge on any atom is -0.321 e. The van der Waals surface area contributed by atoms with Gasteiger partial charge in [-0.15, -0.1) is 0 Å². The zero-order valence-corrected chi connectivity index (χ0v) is 54.8. The minimum absolute atomic E-state index is 0.